The fourth-order valence-corrected chi connectivity index (χ4v) is 4.66. The van der Waals surface area contributed by atoms with Gasteiger partial charge in [-0.3, -0.25) is 4.90 Å². The zero-order valence-electron chi connectivity index (χ0n) is 16.1. The molecule has 2 heteroatoms. The topological polar surface area (TPSA) is 29.3 Å². The molecule has 3 unspecified atom stereocenters. The number of nitrogens with two attached hydrogens (primary N) is 1. The highest BCUT2D eigenvalue weighted by molar-refractivity contribution is 5.30. The van der Waals surface area contributed by atoms with Crippen LogP contribution in [0.15, 0.2) is 24.3 Å². The van der Waals surface area contributed by atoms with Gasteiger partial charge in [-0.1, -0.05) is 58.4 Å². The molecule has 1 saturated carbocycles. The van der Waals surface area contributed by atoms with Crippen molar-refractivity contribution in [2.75, 3.05) is 13.1 Å². The van der Waals surface area contributed by atoms with Crippen molar-refractivity contribution >= 4 is 0 Å². The molecule has 0 bridgehead atoms. The van der Waals surface area contributed by atoms with E-state index >= 15 is 0 Å². The third-order valence-electron chi connectivity index (χ3n) is 6.34. The molecule has 0 aromatic heterocycles. The van der Waals surface area contributed by atoms with Crippen LogP contribution in [-0.4, -0.2) is 30.1 Å². The Labute approximate surface area is 148 Å². The quantitative estimate of drug-likeness (QED) is 0.869. The molecule has 3 atom stereocenters. The lowest BCUT2D eigenvalue weighted by atomic mass is 9.76. The van der Waals surface area contributed by atoms with Gasteiger partial charge < -0.3 is 5.73 Å². The summed E-state index contributed by atoms with van der Waals surface area (Å²) >= 11 is 0. The monoisotopic (exact) mass is 328 g/mol. The molecule has 0 spiro atoms. The maximum Gasteiger partial charge on any atom is 0.0174 e. The molecule has 0 amide bonds. The van der Waals surface area contributed by atoms with Gasteiger partial charge in [-0.25, -0.2) is 0 Å². The van der Waals surface area contributed by atoms with Crippen LogP contribution in [0.3, 0.4) is 0 Å². The van der Waals surface area contributed by atoms with Gasteiger partial charge in [-0.2, -0.15) is 0 Å². The van der Waals surface area contributed by atoms with E-state index in [0.717, 1.165) is 24.9 Å². The third kappa shape index (κ3) is 3.86. The van der Waals surface area contributed by atoms with Crippen molar-refractivity contribution in [3.63, 3.8) is 0 Å². The van der Waals surface area contributed by atoms with Crippen LogP contribution in [-0.2, 0) is 5.41 Å². The lowest BCUT2D eigenvalue weighted by Crippen LogP contribution is -2.53. The fraction of sp³-hybridized carbons (Fsp3) is 0.727. The maximum absolute atomic E-state index is 6.46. The highest BCUT2D eigenvalue weighted by Gasteiger charge is 2.35. The van der Waals surface area contributed by atoms with Gasteiger partial charge in [-0.05, 0) is 54.1 Å². The first kappa shape index (κ1) is 17.9. The summed E-state index contributed by atoms with van der Waals surface area (Å²) in [5, 5.41) is 0. The third-order valence-corrected chi connectivity index (χ3v) is 6.34. The van der Waals surface area contributed by atoms with Crippen molar-refractivity contribution in [3.8, 4) is 0 Å². The number of likely N-dealkylation sites (tertiary alicyclic amines) is 1. The van der Waals surface area contributed by atoms with E-state index in [1.54, 1.807) is 0 Å². The Hall–Kier alpha value is -0.860. The predicted octanol–water partition coefficient (Wildman–Crippen LogP) is 4.68. The van der Waals surface area contributed by atoms with E-state index in [4.69, 9.17) is 5.73 Å². The van der Waals surface area contributed by atoms with Crippen molar-refractivity contribution in [1.82, 2.24) is 4.90 Å². The second kappa shape index (κ2) is 7.17. The Kier molecular flexibility index (Phi) is 5.36. The van der Waals surface area contributed by atoms with E-state index < -0.39 is 0 Å². The van der Waals surface area contributed by atoms with Gasteiger partial charge in [-0.15, -0.1) is 0 Å². The number of hydrogen-bond donors (Lipinski definition) is 1. The summed E-state index contributed by atoms with van der Waals surface area (Å²) < 4.78 is 0. The summed E-state index contributed by atoms with van der Waals surface area (Å²) in [6, 6.07) is 10.4. The second-order valence-corrected chi connectivity index (χ2v) is 9.19. The average molecular weight is 329 g/mol. The molecule has 1 aromatic carbocycles. The van der Waals surface area contributed by atoms with E-state index in [1.807, 2.05) is 0 Å². The zero-order chi connectivity index (χ0) is 17.3. The van der Waals surface area contributed by atoms with Crippen LogP contribution >= 0.6 is 0 Å². The molecular formula is C22H36N2. The van der Waals surface area contributed by atoms with Crippen LogP contribution in [0.5, 0.6) is 0 Å². The lowest BCUT2D eigenvalue weighted by molar-refractivity contribution is 0.0605. The van der Waals surface area contributed by atoms with Gasteiger partial charge in [0, 0.05) is 25.2 Å². The smallest absolute Gasteiger partial charge is 0.0174 e. The van der Waals surface area contributed by atoms with Crippen LogP contribution in [0.4, 0.5) is 0 Å². The molecule has 2 aliphatic rings. The van der Waals surface area contributed by atoms with Crippen molar-refractivity contribution in [3.05, 3.63) is 35.4 Å². The standard InChI is InChI=1S/C22H36N2/c1-5-21(17-7-6-8-17)24-14-18(13-20(23)15-24)16-9-11-19(12-10-16)22(2,3)4/h9-12,17-18,20-21H,5-8,13-15,23H2,1-4H3. The van der Waals surface area contributed by atoms with Gasteiger partial charge in [0.2, 0.25) is 0 Å². The summed E-state index contributed by atoms with van der Waals surface area (Å²) in [4.78, 5) is 2.72. The minimum absolute atomic E-state index is 0.227. The largest absolute Gasteiger partial charge is 0.327 e. The van der Waals surface area contributed by atoms with E-state index in [-0.39, 0.29) is 5.41 Å². The molecule has 2 fully saturated rings. The van der Waals surface area contributed by atoms with Gasteiger partial charge in [0.1, 0.15) is 0 Å². The molecule has 1 heterocycles. The number of rotatable bonds is 4. The second-order valence-electron chi connectivity index (χ2n) is 9.19. The van der Waals surface area contributed by atoms with Crippen molar-refractivity contribution in [2.45, 2.75) is 83.2 Å². The minimum atomic E-state index is 0.227. The Morgan fingerprint density at radius 3 is 2.29 bits per heavy atom. The van der Waals surface area contributed by atoms with Crippen LogP contribution in [0.2, 0.25) is 0 Å². The average Bonchev–Trinajstić information content (AvgIpc) is 2.49. The normalized spacial score (nSPS) is 27.7. The predicted molar refractivity (Wildman–Crippen MR) is 103 cm³/mol. The van der Waals surface area contributed by atoms with Crippen LogP contribution in [0, 0.1) is 5.92 Å². The number of piperidine rings is 1. The SMILES string of the molecule is CCC(C1CCC1)N1CC(N)CC(c2ccc(C(C)(C)C)cc2)C1. The first-order valence-electron chi connectivity index (χ1n) is 9.98. The maximum atomic E-state index is 6.46. The summed E-state index contributed by atoms with van der Waals surface area (Å²) in [5.41, 5.74) is 9.59. The lowest BCUT2D eigenvalue weighted by Gasteiger charge is -2.46. The van der Waals surface area contributed by atoms with Crippen LogP contribution < -0.4 is 5.73 Å². The molecule has 0 radical (unpaired) electrons. The molecule has 24 heavy (non-hydrogen) atoms. The molecule has 1 aliphatic heterocycles. The van der Waals surface area contributed by atoms with Crippen molar-refractivity contribution < 1.29 is 0 Å². The highest BCUT2D eigenvalue weighted by atomic mass is 15.2. The molecule has 1 aliphatic carbocycles. The van der Waals surface area contributed by atoms with E-state index in [1.165, 1.54) is 43.4 Å². The number of hydrogen-bond acceptors (Lipinski definition) is 2. The Balaban J connectivity index is 1.73. The Morgan fingerprint density at radius 1 is 1.12 bits per heavy atom. The molecule has 2 nitrogen and oxygen atoms in total. The first-order valence-corrected chi connectivity index (χ1v) is 9.98. The van der Waals surface area contributed by atoms with Gasteiger partial charge in [0.25, 0.3) is 0 Å². The van der Waals surface area contributed by atoms with Gasteiger partial charge in [0.05, 0.1) is 0 Å². The highest BCUT2D eigenvalue weighted by Crippen LogP contribution is 2.37. The van der Waals surface area contributed by atoms with Gasteiger partial charge in [0.15, 0.2) is 0 Å². The van der Waals surface area contributed by atoms with Crippen molar-refractivity contribution in [1.29, 1.82) is 0 Å². The van der Waals surface area contributed by atoms with E-state index in [2.05, 4.69) is 56.9 Å². The number of nitrogens with zero attached hydrogens (tertiary/aromatic N) is 1. The Morgan fingerprint density at radius 2 is 1.79 bits per heavy atom. The van der Waals surface area contributed by atoms with Gasteiger partial charge >= 0.3 is 0 Å². The molecular weight excluding hydrogens is 292 g/mol. The first-order chi connectivity index (χ1) is 11.4. The summed E-state index contributed by atoms with van der Waals surface area (Å²) in [7, 11) is 0. The van der Waals surface area contributed by atoms with Crippen LogP contribution in [0.25, 0.3) is 0 Å². The molecule has 2 N–H and O–H groups in total. The molecule has 134 valence electrons. The van der Waals surface area contributed by atoms with Crippen molar-refractivity contribution in [2.24, 2.45) is 11.7 Å². The molecule has 1 aromatic rings. The summed E-state index contributed by atoms with van der Waals surface area (Å²) in [6.07, 6.45) is 6.68. The number of benzene rings is 1. The molecule has 1 saturated heterocycles. The van der Waals surface area contributed by atoms with E-state index in [9.17, 15) is 0 Å². The van der Waals surface area contributed by atoms with Crippen LogP contribution in [0.1, 0.15) is 76.8 Å². The Bertz CT molecular complexity index is 524. The zero-order valence-corrected chi connectivity index (χ0v) is 16.1. The molecule has 3 rings (SSSR count). The summed E-state index contributed by atoms with van der Waals surface area (Å²) in [6.45, 7) is 11.5. The minimum Gasteiger partial charge on any atom is -0.327 e. The summed E-state index contributed by atoms with van der Waals surface area (Å²) in [5.74, 6) is 1.51. The van der Waals surface area contributed by atoms with E-state index in [0.29, 0.717) is 12.0 Å². The fourth-order valence-electron chi connectivity index (χ4n) is 4.66.